The van der Waals surface area contributed by atoms with Crippen LogP contribution in [0.2, 0.25) is 0 Å². The maximum Gasteiger partial charge on any atom is 0.335 e. The summed E-state index contributed by atoms with van der Waals surface area (Å²) in [5.41, 5.74) is 2.11. The summed E-state index contributed by atoms with van der Waals surface area (Å²) in [6, 6.07) is 16.4. The minimum absolute atomic E-state index is 0.270. The monoisotopic (exact) mass is 279 g/mol. The molecule has 2 aromatic carbocycles. The first-order chi connectivity index (χ1) is 10.2. The molecule has 0 fully saturated rings. The molecule has 104 valence electrons. The second kappa shape index (κ2) is 5.63. The number of aromatic carboxylic acids is 1. The molecule has 0 unspecified atom stereocenters. The lowest BCUT2D eigenvalue weighted by molar-refractivity contribution is 0.0697. The van der Waals surface area contributed by atoms with Crippen molar-refractivity contribution in [3.8, 4) is 5.75 Å². The molecule has 4 nitrogen and oxygen atoms in total. The van der Waals surface area contributed by atoms with Crippen LogP contribution in [0.4, 0.5) is 0 Å². The average molecular weight is 279 g/mol. The number of pyridine rings is 1. The predicted molar refractivity (Wildman–Crippen MR) is 79.5 cm³/mol. The van der Waals surface area contributed by atoms with Crippen molar-refractivity contribution in [3.05, 3.63) is 71.9 Å². The smallest absolute Gasteiger partial charge is 0.335 e. The topological polar surface area (TPSA) is 59.4 Å². The molecule has 3 rings (SSSR count). The van der Waals surface area contributed by atoms with Gasteiger partial charge in [0.25, 0.3) is 0 Å². The van der Waals surface area contributed by atoms with Gasteiger partial charge in [-0.25, -0.2) is 4.79 Å². The van der Waals surface area contributed by atoms with Gasteiger partial charge < -0.3 is 9.84 Å². The number of carboxylic acid groups (broad SMARTS) is 1. The number of nitrogens with zero attached hydrogens (tertiary/aromatic N) is 1. The molecule has 0 saturated heterocycles. The molecule has 0 aliphatic rings. The molecule has 0 spiro atoms. The molecule has 0 bridgehead atoms. The Balaban J connectivity index is 1.72. The third-order valence-electron chi connectivity index (χ3n) is 3.17. The zero-order valence-corrected chi connectivity index (χ0v) is 11.2. The van der Waals surface area contributed by atoms with Gasteiger partial charge in [0.2, 0.25) is 0 Å². The van der Waals surface area contributed by atoms with E-state index in [0.29, 0.717) is 12.4 Å². The Morgan fingerprint density at radius 1 is 1.10 bits per heavy atom. The number of benzene rings is 2. The second-order valence-electron chi connectivity index (χ2n) is 4.65. The summed E-state index contributed by atoms with van der Waals surface area (Å²) in [5, 5.41) is 9.87. The number of aromatic nitrogens is 1. The van der Waals surface area contributed by atoms with Crippen molar-refractivity contribution >= 4 is 16.9 Å². The maximum atomic E-state index is 10.8. The van der Waals surface area contributed by atoms with E-state index in [-0.39, 0.29) is 5.56 Å². The van der Waals surface area contributed by atoms with Crippen LogP contribution in [-0.4, -0.2) is 16.1 Å². The zero-order chi connectivity index (χ0) is 14.7. The number of para-hydroxylation sites is 1. The molecule has 0 aliphatic carbocycles. The minimum atomic E-state index is -0.929. The highest BCUT2D eigenvalue weighted by Gasteiger charge is 2.03. The highest BCUT2D eigenvalue weighted by Crippen LogP contribution is 2.19. The zero-order valence-electron chi connectivity index (χ0n) is 11.2. The first-order valence-corrected chi connectivity index (χ1v) is 6.52. The van der Waals surface area contributed by atoms with Crippen molar-refractivity contribution < 1.29 is 14.6 Å². The fourth-order valence-electron chi connectivity index (χ4n) is 2.04. The van der Waals surface area contributed by atoms with Crippen molar-refractivity contribution in [1.82, 2.24) is 4.98 Å². The molecule has 0 aliphatic heterocycles. The van der Waals surface area contributed by atoms with E-state index in [4.69, 9.17) is 9.84 Å². The number of fused-ring (bicyclic) bond motifs is 1. The predicted octanol–water partition coefficient (Wildman–Crippen LogP) is 3.51. The van der Waals surface area contributed by atoms with Gasteiger partial charge in [0.15, 0.2) is 0 Å². The molecule has 0 amide bonds. The lowest BCUT2D eigenvalue weighted by atomic mass is 10.1. The first kappa shape index (κ1) is 13.1. The van der Waals surface area contributed by atoms with E-state index in [1.165, 1.54) is 0 Å². The van der Waals surface area contributed by atoms with Crippen LogP contribution >= 0.6 is 0 Å². The van der Waals surface area contributed by atoms with Crippen LogP contribution in [-0.2, 0) is 6.61 Å². The Morgan fingerprint density at radius 3 is 2.62 bits per heavy atom. The number of hydrogen-bond donors (Lipinski definition) is 1. The highest BCUT2D eigenvalue weighted by atomic mass is 16.5. The average Bonchev–Trinajstić information content (AvgIpc) is 2.53. The third-order valence-corrected chi connectivity index (χ3v) is 3.17. The van der Waals surface area contributed by atoms with Crippen molar-refractivity contribution in [3.63, 3.8) is 0 Å². The summed E-state index contributed by atoms with van der Waals surface area (Å²) in [6.45, 7) is 0.375. The standard InChI is InChI=1S/C17H13NO3/c19-17(20)13-7-5-12(6-8-13)11-21-15-9-14-3-1-2-4-16(14)18-10-15/h1-10H,11H2,(H,19,20). The third kappa shape index (κ3) is 3.00. The number of carbonyl (C=O) groups is 1. The highest BCUT2D eigenvalue weighted by molar-refractivity contribution is 5.87. The molecule has 1 heterocycles. The molecule has 21 heavy (non-hydrogen) atoms. The number of ether oxygens (including phenoxy) is 1. The van der Waals surface area contributed by atoms with Gasteiger partial charge in [0.05, 0.1) is 17.3 Å². The summed E-state index contributed by atoms with van der Waals surface area (Å²) in [6.07, 6.45) is 1.69. The maximum absolute atomic E-state index is 10.8. The van der Waals surface area contributed by atoms with Crippen LogP contribution in [0.3, 0.4) is 0 Å². The lowest BCUT2D eigenvalue weighted by Crippen LogP contribution is -1.99. The molecule has 0 saturated carbocycles. The SMILES string of the molecule is O=C(O)c1ccc(COc2cnc3ccccc3c2)cc1. The molecule has 1 aromatic heterocycles. The van der Waals surface area contributed by atoms with E-state index in [0.717, 1.165) is 16.5 Å². The Morgan fingerprint density at radius 2 is 1.86 bits per heavy atom. The van der Waals surface area contributed by atoms with Gasteiger partial charge in [-0.05, 0) is 29.8 Å². The van der Waals surface area contributed by atoms with Gasteiger partial charge in [-0.1, -0.05) is 30.3 Å². The number of hydrogen-bond acceptors (Lipinski definition) is 3. The molecule has 3 aromatic rings. The molecular formula is C17H13NO3. The van der Waals surface area contributed by atoms with E-state index in [2.05, 4.69) is 4.98 Å². The Bertz CT molecular complexity index is 781. The van der Waals surface area contributed by atoms with Crippen LogP contribution in [0.25, 0.3) is 10.9 Å². The number of rotatable bonds is 4. The lowest BCUT2D eigenvalue weighted by Gasteiger charge is -2.07. The van der Waals surface area contributed by atoms with Gasteiger partial charge in [0.1, 0.15) is 12.4 Å². The van der Waals surface area contributed by atoms with Crippen molar-refractivity contribution in [1.29, 1.82) is 0 Å². The van der Waals surface area contributed by atoms with Gasteiger partial charge >= 0.3 is 5.97 Å². The van der Waals surface area contributed by atoms with Crippen molar-refractivity contribution in [2.45, 2.75) is 6.61 Å². The largest absolute Gasteiger partial charge is 0.487 e. The molecule has 0 radical (unpaired) electrons. The van der Waals surface area contributed by atoms with E-state index in [1.54, 1.807) is 30.5 Å². The van der Waals surface area contributed by atoms with E-state index < -0.39 is 5.97 Å². The van der Waals surface area contributed by atoms with E-state index in [9.17, 15) is 4.79 Å². The van der Waals surface area contributed by atoms with Crippen LogP contribution in [0.5, 0.6) is 5.75 Å². The summed E-state index contributed by atoms with van der Waals surface area (Å²) < 4.78 is 5.69. The van der Waals surface area contributed by atoms with Gasteiger partial charge in [-0.3, -0.25) is 4.98 Å². The number of carboxylic acids is 1. The fourth-order valence-corrected chi connectivity index (χ4v) is 2.04. The van der Waals surface area contributed by atoms with E-state index in [1.807, 2.05) is 30.3 Å². The summed E-state index contributed by atoms with van der Waals surface area (Å²) in [7, 11) is 0. The van der Waals surface area contributed by atoms with Gasteiger partial charge in [-0.2, -0.15) is 0 Å². The molecule has 0 atom stereocenters. The Kier molecular flexibility index (Phi) is 3.51. The summed E-state index contributed by atoms with van der Waals surface area (Å²) in [5.74, 6) is -0.239. The van der Waals surface area contributed by atoms with Crippen molar-refractivity contribution in [2.75, 3.05) is 0 Å². The molecule has 4 heteroatoms. The summed E-state index contributed by atoms with van der Waals surface area (Å²) >= 11 is 0. The van der Waals surface area contributed by atoms with Crippen molar-refractivity contribution in [2.24, 2.45) is 0 Å². The molecular weight excluding hydrogens is 266 g/mol. The van der Waals surface area contributed by atoms with Crippen LogP contribution in [0, 0.1) is 0 Å². The normalized spacial score (nSPS) is 10.5. The van der Waals surface area contributed by atoms with E-state index >= 15 is 0 Å². The summed E-state index contributed by atoms with van der Waals surface area (Å²) in [4.78, 5) is 15.1. The minimum Gasteiger partial charge on any atom is -0.487 e. The molecule has 1 N–H and O–H groups in total. The second-order valence-corrected chi connectivity index (χ2v) is 4.65. The van der Waals surface area contributed by atoms with Gasteiger partial charge in [0, 0.05) is 5.39 Å². The quantitative estimate of drug-likeness (QED) is 0.794. The Hall–Kier alpha value is -2.88. The fraction of sp³-hybridized carbons (Fsp3) is 0.0588. The van der Waals surface area contributed by atoms with Crippen LogP contribution in [0.15, 0.2) is 60.8 Å². The van der Waals surface area contributed by atoms with Crippen LogP contribution < -0.4 is 4.74 Å². The first-order valence-electron chi connectivity index (χ1n) is 6.52. The van der Waals surface area contributed by atoms with Gasteiger partial charge in [-0.15, -0.1) is 0 Å². The Labute approximate surface area is 121 Å². The van der Waals surface area contributed by atoms with Crippen LogP contribution in [0.1, 0.15) is 15.9 Å².